The van der Waals surface area contributed by atoms with Crippen LogP contribution in [-0.2, 0) is 11.3 Å². The van der Waals surface area contributed by atoms with Crippen molar-refractivity contribution in [2.45, 2.75) is 46.1 Å². The maximum Gasteiger partial charge on any atom is 0.227 e. The smallest absolute Gasteiger partial charge is 0.227 e. The van der Waals surface area contributed by atoms with Gasteiger partial charge in [-0.25, -0.2) is 0 Å². The summed E-state index contributed by atoms with van der Waals surface area (Å²) < 4.78 is 1.70. The minimum absolute atomic E-state index is 0.0683. The van der Waals surface area contributed by atoms with Crippen molar-refractivity contribution in [1.82, 2.24) is 20.3 Å². The van der Waals surface area contributed by atoms with Gasteiger partial charge in [0.05, 0.1) is 18.2 Å². The number of hydrogen-bond acceptors (Lipinski definition) is 4. The molecule has 108 valence electrons. The van der Waals surface area contributed by atoms with Gasteiger partial charge in [0.15, 0.2) is 0 Å². The molecule has 1 heterocycles. The van der Waals surface area contributed by atoms with E-state index in [4.69, 9.17) is 5.73 Å². The van der Waals surface area contributed by atoms with E-state index < -0.39 is 5.41 Å². The third-order valence-electron chi connectivity index (χ3n) is 3.43. The van der Waals surface area contributed by atoms with Gasteiger partial charge in [-0.3, -0.25) is 9.48 Å². The van der Waals surface area contributed by atoms with Crippen LogP contribution in [0.2, 0.25) is 0 Å². The molecular formula is C13H25N5O. The topological polar surface area (TPSA) is 85.8 Å². The largest absolute Gasteiger partial charge is 0.354 e. The van der Waals surface area contributed by atoms with Gasteiger partial charge in [0.1, 0.15) is 0 Å². The number of nitrogens with zero attached hydrogens (tertiary/aromatic N) is 3. The van der Waals surface area contributed by atoms with Gasteiger partial charge >= 0.3 is 0 Å². The lowest BCUT2D eigenvalue weighted by molar-refractivity contribution is -0.131. The number of hydrogen-bond donors (Lipinski definition) is 2. The second-order valence-electron chi connectivity index (χ2n) is 4.91. The van der Waals surface area contributed by atoms with Crippen LogP contribution in [0.5, 0.6) is 0 Å². The molecule has 19 heavy (non-hydrogen) atoms. The number of carbonyl (C=O) groups excluding carboxylic acids is 1. The standard InChI is InChI=1S/C13H25N5O/c1-3-5-13(11-14,6-4-2)12(19)15-7-9-18-10-8-16-17-18/h8,10H,3-7,9,11,14H2,1-2H3,(H,15,19). The summed E-state index contributed by atoms with van der Waals surface area (Å²) in [4.78, 5) is 12.4. The molecular weight excluding hydrogens is 242 g/mol. The maximum absolute atomic E-state index is 12.4. The number of carbonyl (C=O) groups is 1. The Morgan fingerprint density at radius 3 is 2.53 bits per heavy atom. The van der Waals surface area contributed by atoms with Crippen molar-refractivity contribution in [2.75, 3.05) is 13.1 Å². The molecule has 0 fully saturated rings. The Kier molecular flexibility index (Phi) is 6.49. The SMILES string of the molecule is CCCC(CN)(CCC)C(=O)NCCn1ccnn1. The molecule has 6 nitrogen and oxygen atoms in total. The quantitative estimate of drug-likeness (QED) is 0.697. The first-order valence-corrected chi connectivity index (χ1v) is 7.01. The Morgan fingerprint density at radius 2 is 2.05 bits per heavy atom. The summed E-state index contributed by atoms with van der Waals surface area (Å²) in [6.45, 7) is 5.76. The minimum atomic E-state index is -0.411. The molecule has 0 spiro atoms. The summed E-state index contributed by atoms with van der Waals surface area (Å²) in [6.07, 6.45) is 7.01. The molecule has 0 atom stereocenters. The average Bonchev–Trinajstić information content (AvgIpc) is 2.91. The third-order valence-corrected chi connectivity index (χ3v) is 3.43. The number of rotatable bonds is 9. The van der Waals surface area contributed by atoms with Crippen molar-refractivity contribution < 1.29 is 4.79 Å². The summed E-state index contributed by atoms with van der Waals surface area (Å²) in [6, 6.07) is 0. The van der Waals surface area contributed by atoms with Crippen LogP contribution in [0.1, 0.15) is 39.5 Å². The first-order chi connectivity index (χ1) is 9.18. The molecule has 1 rings (SSSR count). The van der Waals surface area contributed by atoms with Crippen LogP contribution >= 0.6 is 0 Å². The fraction of sp³-hybridized carbons (Fsp3) is 0.769. The van der Waals surface area contributed by atoms with E-state index in [-0.39, 0.29) is 5.91 Å². The van der Waals surface area contributed by atoms with Gasteiger partial charge in [-0.1, -0.05) is 31.9 Å². The summed E-state index contributed by atoms with van der Waals surface area (Å²) in [7, 11) is 0. The summed E-state index contributed by atoms with van der Waals surface area (Å²) in [5.41, 5.74) is 5.45. The van der Waals surface area contributed by atoms with Crippen LogP contribution in [0.4, 0.5) is 0 Å². The molecule has 0 saturated carbocycles. The predicted molar refractivity (Wildman–Crippen MR) is 74.3 cm³/mol. The summed E-state index contributed by atoms with van der Waals surface area (Å²) in [5.74, 6) is 0.0683. The van der Waals surface area contributed by atoms with Crippen LogP contribution in [-0.4, -0.2) is 34.0 Å². The Morgan fingerprint density at radius 1 is 1.37 bits per heavy atom. The second kappa shape index (κ2) is 7.89. The van der Waals surface area contributed by atoms with E-state index in [1.54, 1.807) is 17.1 Å². The lowest BCUT2D eigenvalue weighted by Crippen LogP contribution is -2.46. The van der Waals surface area contributed by atoms with Crippen molar-refractivity contribution in [3.63, 3.8) is 0 Å². The predicted octanol–water partition coefficient (Wildman–Crippen LogP) is 0.940. The Bertz CT molecular complexity index is 357. The highest BCUT2D eigenvalue weighted by Crippen LogP contribution is 2.28. The first-order valence-electron chi connectivity index (χ1n) is 7.01. The van der Waals surface area contributed by atoms with E-state index in [9.17, 15) is 4.79 Å². The number of nitrogens with one attached hydrogen (secondary N) is 1. The molecule has 0 aliphatic heterocycles. The van der Waals surface area contributed by atoms with Crippen molar-refractivity contribution in [2.24, 2.45) is 11.1 Å². The lowest BCUT2D eigenvalue weighted by Gasteiger charge is -2.30. The van der Waals surface area contributed by atoms with Crippen molar-refractivity contribution in [3.8, 4) is 0 Å². The molecule has 0 bridgehead atoms. The molecule has 3 N–H and O–H groups in total. The van der Waals surface area contributed by atoms with E-state index in [1.165, 1.54) is 0 Å². The molecule has 6 heteroatoms. The highest BCUT2D eigenvalue weighted by atomic mass is 16.2. The van der Waals surface area contributed by atoms with Crippen LogP contribution in [0.15, 0.2) is 12.4 Å². The van der Waals surface area contributed by atoms with Gasteiger partial charge in [0.25, 0.3) is 0 Å². The van der Waals surface area contributed by atoms with Crippen molar-refractivity contribution >= 4 is 5.91 Å². The molecule has 1 aromatic rings. The lowest BCUT2D eigenvalue weighted by atomic mass is 9.78. The summed E-state index contributed by atoms with van der Waals surface area (Å²) >= 11 is 0. The molecule has 0 unspecified atom stereocenters. The first kappa shape index (κ1) is 15.6. The number of nitrogens with two attached hydrogens (primary N) is 1. The van der Waals surface area contributed by atoms with Gasteiger partial charge in [-0.05, 0) is 12.8 Å². The molecule has 0 saturated heterocycles. The fourth-order valence-electron chi connectivity index (χ4n) is 2.43. The molecule has 1 amide bonds. The minimum Gasteiger partial charge on any atom is -0.354 e. The molecule has 0 aliphatic carbocycles. The normalized spacial score (nSPS) is 11.5. The van der Waals surface area contributed by atoms with E-state index >= 15 is 0 Å². The van der Waals surface area contributed by atoms with E-state index in [0.717, 1.165) is 25.7 Å². The fourth-order valence-corrected chi connectivity index (χ4v) is 2.43. The van der Waals surface area contributed by atoms with Crippen LogP contribution in [0.3, 0.4) is 0 Å². The molecule has 0 aromatic carbocycles. The van der Waals surface area contributed by atoms with E-state index in [0.29, 0.717) is 19.6 Å². The van der Waals surface area contributed by atoms with Gasteiger partial charge < -0.3 is 11.1 Å². The zero-order valence-corrected chi connectivity index (χ0v) is 11.9. The Hall–Kier alpha value is -1.43. The van der Waals surface area contributed by atoms with Crippen molar-refractivity contribution in [3.05, 3.63) is 12.4 Å². The van der Waals surface area contributed by atoms with Crippen LogP contribution in [0, 0.1) is 5.41 Å². The van der Waals surface area contributed by atoms with E-state index in [2.05, 4.69) is 29.5 Å². The Labute approximate surface area is 114 Å². The molecule has 0 radical (unpaired) electrons. The second-order valence-corrected chi connectivity index (χ2v) is 4.91. The summed E-state index contributed by atoms with van der Waals surface area (Å²) in [5, 5.41) is 10.6. The monoisotopic (exact) mass is 267 g/mol. The highest BCUT2D eigenvalue weighted by molar-refractivity contribution is 5.82. The zero-order chi connectivity index (χ0) is 14.1. The maximum atomic E-state index is 12.4. The number of amides is 1. The highest BCUT2D eigenvalue weighted by Gasteiger charge is 2.34. The molecule has 1 aromatic heterocycles. The van der Waals surface area contributed by atoms with E-state index in [1.807, 2.05) is 0 Å². The molecule has 0 aliphatic rings. The van der Waals surface area contributed by atoms with Crippen molar-refractivity contribution in [1.29, 1.82) is 0 Å². The van der Waals surface area contributed by atoms with Gasteiger partial charge in [0.2, 0.25) is 5.91 Å². The van der Waals surface area contributed by atoms with Crippen LogP contribution in [0.25, 0.3) is 0 Å². The average molecular weight is 267 g/mol. The van der Waals surface area contributed by atoms with Gasteiger partial charge in [0, 0.05) is 19.3 Å². The Balaban J connectivity index is 2.51. The third kappa shape index (κ3) is 4.31. The van der Waals surface area contributed by atoms with Gasteiger partial charge in [-0.15, -0.1) is 5.10 Å². The van der Waals surface area contributed by atoms with Crippen LogP contribution < -0.4 is 11.1 Å². The zero-order valence-electron chi connectivity index (χ0n) is 11.9. The van der Waals surface area contributed by atoms with Gasteiger partial charge in [-0.2, -0.15) is 0 Å². The number of aromatic nitrogens is 3.